The highest BCUT2D eigenvalue weighted by Gasteiger charge is 2.45. The molecule has 4 nitrogen and oxygen atoms in total. The van der Waals surface area contributed by atoms with E-state index in [2.05, 4.69) is 0 Å². The van der Waals surface area contributed by atoms with Crippen molar-refractivity contribution in [2.24, 2.45) is 11.3 Å². The normalized spacial score (nSPS) is 21.7. The van der Waals surface area contributed by atoms with E-state index in [1.54, 1.807) is 24.3 Å². The monoisotopic (exact) mass is 402 g/mol. The minimum Gasteiger partial charge on any atom is -0.481 e. The summed E-state index contributed by atoms with van der Waals surface area (Å²) in [6, 6.07) is 9.77. The Labute approximate surface area is 166 Å². The Bertz CT molecular complexity index is 930. The molecule has 0 bridgehead atoms. The molecule has 0 spiro atoms. The molecule has 1 aliphatic carbocycles. The van der Waals surface area contributed by atoms with Gasteiger partial charge >= 0.3 is 11.9 Å². The average molecular weight is 403 g/mol. The summed E-state index contributed by atoms with van der Waals surface area (Å²) in [4.78, 5) is 24.6. The fourth-order valence-electron chi connectivity index (χ4n) is 3.50. The van der Waals surface area contributed by atoms with Gasteiger partial charge in [0.1, 0.15) is 0 Å². The predicted octanol–water partition coefficient (Wildman–Crippen LogP) is 5.29. The number of thiophene rings is 1. The van der Waals surface area contributed by atoms with Crippen LogP contribution in [0.25, 0.3) is 10.4 Å². The molecule has 2 atom stereocenters. The molecule has 0 fully saturated rings. The van der Waals surface area contributed by atoms with Crippen LogP contribution in [0.5, 0.6) is 0 Å². The van der Waals surface area contributed by atoms with Gasteiger partial charge in [-0.05, 0) is 41.5 Å². The first-order valence-corrected chi connectivity index (χ1v) is 9.79. The van der Waals surface area contributed by atoms with E-state index >= 15 is 0 Å². The van der Waals surface area contributed by atoms with Gasteiger partial charge < -0.3 is 10.2 Å². The number of allylic oxidation sites excluding steroid dienone is 2. The van der Waals surface area contributed by atoms with Gasteiger partial charge in [-0.2, -0.15) is 0 Å². The first-order chi connectivity index (χ1) is 12.8. The van der Waals surface area contributed by atoms with Crippen LogP contribution in [-0.4, -0.2) is 22.2 Å². The van der Waals surface area contributed by atoms with Crippen molar-refractivity contribution in [2.75, 3.05) is 0 Å². The van der Waals surface area contributed by atoms with Crippen LogP contribution in [0.4, 0.5) is 0 Å². The number of carboxylic acid groups (broad SMARTS) is 2. The minimum absolute atomic E-state index is 0.110. The van der Waals surface area contributed by atoms with Crippen LogP contribution in [0.1, 0.15) is 18.9 Å². The van der Waals surface area contributed by atoms with E-state index in [4.69, 9.17) is 11.6 Å². The number of carbonyl (C=O) groups is 2. The maximum atomic E-state index is 12.1. The zero-order valence-corrected chi connectivity index (χ0v) is 16.3. The Morgan fingerprint density at radius 1 is 1.26 bits per heavy atom. The average Bonchev–Trinajstić information content (AvgIpc) is 3.16. The molecule has 1 aromatic heterocycles. The van der Waals surface area contributed by atoms with E-state index in [1.165, 1.54) is 12.2 Å². The molecule has 0 saturated carbocycles. The number of hydrogen-bond acceptors (Lipinski definition) is 3. The SMILES string of the molecule is CC1C(C(=O)O)=CC=CC1(CCc1ccc(-c2cccs2)cc1Cl)C(=O)O. The fourth-order valence-corrected chi connectivity index (χ4v) is 4.50. The molecular weight excluding hydrogens is 384 g/mol. The van der Waals surface area contributed by atoms with Gasteiger partial charge in [0.2, 0.25) is 0 Å². The lowest BCUT2D eigenvalue weighted by Gasteiger charge is -2.35. The lowest BCUT2D eigenvalue weighted by atomic mass is 9.67. The van der Waals surface area contributed by atoms with Gasteiger partial charge in [-0.1, -0.05) is 55.0 Å². The largest absolute Gasteiger partial charge is 0.481 e. The quantitative estimate of drug-likeness (QED) is 0.688. The number of rotatable bonds is 6. The Morgan fingerprint density at radius 2 is 2.04 bits per heavy atom. The van der Waals surface area contributed by atoms with Gasteiger partial charge in [0.25, 0.3) is 0 Å². The second-order valence-corrected chi connectivity index (χ2v) is 7.99. The smallest absolute Gasteiger partial charge is 0.331 e. The lowest BCUT2D eigenvalue weighted by molar-refractivity contribution is -0.149. The van der Waals surface area contributed by atoms with E-state index in [9.17, 15) is 19.8 Å². The number of aliphatic carboxylic acids is 2. The zero-order chi connectivity index (χ0) is 19.6. The van der Waals surface area contributed by atoms with Gasteiger partial charge in [0.05, 0.1) is 5.41 Å². The van der Waals surface area contributed by atoms with Crippen LogP contribution in [0.3, 0.4) is 0 Å². The number of carboxylic acids is 2. The Kier molecular flexibility index (Phi) is 5.53. The van der Waals surface area contributed by atoms with Crippen LogP contribution < -0.4 is 0 Å². The van der Waals surface area contributed by atoms with Crippen molar-refractivity contribution in [3.05, 3.63) is 70.1 Å². The summed E-state index contributed by atoms with van der Waals surface area (Å²) in [5.41, 5.74) is 0.718. The second-order valence-electron chi connectivity index (χ2n) is 6.64. The highest BCUT2D eigenvalue weighted by Crippen LogP contribution is 2.42. The summed E-state index contributed by atoms with van der Waals surface area (Å²) < 4.78 is 0. The van der Waals surface area contributed by atoms with Gasteiger partial charge in [0, 0.05) is 21.4 Å². The van der Waals surface area contributed by atoms with E-state index in [0.29, 0.717) is 11.4 Å². The summed E-state index contributed by atoms with van der Waals surface area (Å²) >= 11 is 8.06. The van der Waals surface area contributed by atoms with Crippen LogP contribution >= 0.6 is 22.9 Å². The molecule has 1 heterocycles. The summed E-state index contributed by atoms with van der Waals surface area (Å²) in [5.74, 6) is -2.75. The van der Waals surface area contributed by atoms with Crippen LogP contribution in [-0.2, 0) is 16.0 Å². The first kappa shape index (κ1) is 19.4. The van der Waals surface area contributed by atoms with E-state index in [0.717, 1.165) is 16.0 Å². The summed E-state index contributed by atoms with van der Waals surface area (Å²) in [5, 5.41) is 21.8. The summed E-state index contributed by atoms with van der Waals surface area (Å²) in [7, 11) is 0. The Hall–Kier alpha value is -2.37. The van der Waals surface area contributed by atoms with Gasteiger partial charge in [-0.3, -0.25) is 4.79 Å². The molecule has 1 aromatic carbocycles. The molecule has 0 amide bonds. The predicted molar refractivity (Wildman–Crippen MR) is 107 cm³/mol. The third-order valence-electron chi connectivity index (χ3n) is 5.22. The van der Waals surface area contributed by atoms with E-state index in [1.807, 2.05) is 35.7 Å². The molecule has 0 radical (unpaired) electrons. The molecule has 2 N–H and O–H groups in total. The topological polar surface area (TPSA) is 74.6 Å². The van der Waals surface area contributed by atoms with Crippen LogP contribution in [0.2, 0.25) is 5.02 Å². The molecule has 2 aromatic rings. The fraction of sp³-hybridized carbons (Fsp3) is 0.238. The molecule has 0 saturated heterocycles. The highest BCUT2D eigenvalue weighted by molar-refractivity contribution is 7.13. The molecule has 140 valence electrons. The standard InChI is InChI=1S/C21H19ClO4S/c1-13-16(19(23)24)4-2-9-21(13,20(25)26)10-8-14-6-7-15(12-17(14)22)18-5-3-11-27-18/h2-7,9,11-13H,8,10H2,1H3,(H,23,24)(H,25,26). The van der Waals surface area contributed by atoms with Crippen molar-refractivity contribution in [3.8, 4) is 10.4 Å². The number of halogens is 1. The first-order valence-electron chi connectivity index (χ1n) is 8.53. The maximum absolute atomic E-state index is 12.1. The number of benzene rings is 1. The molecule has 6 heteroatoms. The van der Waals surface area contributed by atoms with E-state index in [-0.39, 0.29) is 12.0 Å². The third kappa shape index (κ3) is 3.70. The zero-order valence-electron chi connectivity index (χ0n) is 14.7. The minimum atomic E-state index is -1.27. The molecule has 1 aliphatic rings. The number of aryl methyl sites for hydroxylation is 1. The summed E-state index contributed by atoms with van der Waals surface area (Å²) in [6.45, 7) is 1.65. The third-order valence-corrected chi connectivity index (χ3v) is 6.49. The molecule has 27 heavy (non-hydrogen) atoms. The highest BCUT2D eigenvalue weighted by atomic mass is 35.5. The second kappa shape index (κ2) is 7.71. The van der Waals surface area contributed by atoms with Crippen molar-refractivity contribution < 1.29 is 19.8 Å². The Morgan fingerprint density at radius 3 is 2.63 bits per heavy atom. The molecule has 0 aliphatic heterocycles. The number of hydrogen-bond donors (Lipinski definition) is 2. The molecule has 3 rings (SSSR count). The lowest BCUT2D eigenvalue weighted by Crippen LogP contribution is -2.40. The van der Waals surface area contributed by atoms with Crippen LogP contribution in [0, 0.1) is 11.3 Å². The van der Waals surface area contributed by atoms with Crippen molar-refractivity contribution in [2.45, 2.75) is 19.8 Å². The van der Waals surface area contributed by atoms with Gasteiger partial charge in [-0.15, -0.1) is 11.3 Å². The molecular formula is C21H19ClO4S. The molecule has 2 unspecified atom stereocenters. The van der Waals surface area contributed by atoms with Gasteiger partial charge in [0.15, 0.2) is 0 Å². The van der Waals surface area contributed by atoms with Crippen molar-refractivity contribution in [3.63, 3.8) is 0 Å². The van der Waals surface area contributed by atoms with Crippen molar-refractivity contribution in [1.82, 2.24) is 0 Å². The van der Waals surface area contributed by atoms with Crippen LogP contribution in [0.15, 0.2) is 59.5 Å². The van der Waals surface area contributed by atoms with Crippen molar-refractivity contribution in [1.29, 1.82) is 0 Å². The Balaban J connectivity index is 1.84. The van der Waals surface area contributed by atoms with E-state index < -0.39 is 23.3 Å². The maximum Gasteiger partial charge on any atom is 0.331 e. The van der Waals surface area contributed by atoms with Crippen molar-refractivity contribution >= 4 is 34.9 Å². The summed E-state index contributed by atoms with van der Waals surface area (Å²) in [6.07, 6.45) is 5.30. The van der Waals surface area contributed by atoms with Gasteiger partial charge in [-0.25, -0.2) is 4.79 Å².